The second-order valence-electron chi connectivity index (χ2n) is 5.04. The molecule has 21 heavy (non-hydrogen) atoms. The average molecular weight is 282 g/mol. The van der Waals surface area contributed by atoms with Crippen molar-refractivity contribution in [3.63, 3.8) is 0 Å². The first-order chi connectivity index (χ1) is 10.1. The maximum Gasteiger partial charge on any atom is 0.140 e. The summed E-state index contributed by atoms with van der Waals surface area (Å²) >= 11 is 0. The van der Waals surface area contributed by atoms with Crippen LogP contribution in [0.5, 0.6) is 11.5 Å². The molecule has 0 aromatic heterocycles. The lowest BCUT2D eigenvalue weighted by Crippen LogP contribution is -2.21. The Kier molecular flexibility index (Phi) is 4.88. The Morgan fingerprint density at radius 3 is 1.90 bits per heavy atom. The summed E-state index contributed by atoms with van der Waals surface area (Å²) in [7, 11) is 0. The highest BCUT2D eigenvalue weighted by Crippen LogP contribution is 2.22. The minimum atomic E-state index is -0.550. The molecule has 0 radical (unpaired) electrons. The zero-order chi connectivity index (χ0) is 15.2. The van der Waals surface area contributed by atoms with Gasteiger partial charge in [0.15, 0.2) is 0 Å². The molecule has 0 saturated heterocycles. The molecule has 108 valence electrons. The van der Waals surface area contributed by atoms with Crippen LogP contribution in [-0.4, -0.2) is 11.6 Å². The van der Waals surface area contributed by atoms with Crippen molar-refractivity contribution in [2.45, 2.75) is 20.3 Å². The zero-order valence-corrected chi connectivity index (χ0v) is 12.2. The number of ether oxygens (including phenoxy) is 1. The Bertz CT molecular complexity index is 601. The van der Waals surface area contributed by atoms with Crippen LogP contribution in [0.1, 0.15) is 19.4 Å². The molecule has 0 amide bonds. The van der Waals surface area contributed by atoms with E-state index in [1.165, 1.54) is 13.8 Å². The smallest absolute Gasteiger partial charge is 0.140 e. The largest absolute Gasteiger partial charge is 0.457 e. The number of benzene rings is 2. The lowest BCUT2D eigenvalue weighted by molar-refractivity contribution is -0.130. The molecule has 0 aliphatic carbocycles. The molecule has 0 N–H and O–H groups in total. The number of hydrogen-bond acceptors (Lipinski definition) is 3. The van der Waals surface area contributed by atoms with Crippen molar-refractivity contribution < 1.29 is 14.3 Å². The Labute approximate surface area is 124 Å². The van der Waals surface area contributed by atoms with Crippen molar-refractivity contribution in [1.29, 1.82) is 0 Å². The standard InChI is InChI=1S/C18H18O3/c1-13(19)18(14(2)20)12-15-8-10-17(11-9-15)21-16-6-4-3-5-7-16/h3-11,18H,12H2,1-2H3. The van der Waals surface area contributed by atoms with E-state index >= 15 is 0 Å². The van der Waals surface area contributed by atoms with Gasteiger partial charge in [0, 0.05) is 0 Å². The van der Waals surface area contributed by atoms with Crippen molar-refractivity contribution in [2.24, 2.45) is 5.92 Å². The fraction of sp³-hybridized carbons (Fsp3) is 0.222. The predicted molar refractivity (Wildman–Crippen MR) is 81.5 cm³/mol. The van der Waals surface area contributed by atoms with Gasteiger partial charge in [-0.25, -0.2) is 0 Å². The highest BCUT2D eigenvalue weighted by Gasteiger charge is 2.19. The van der Waals surface area contributed by atoms with E-state index in [0.717, 1.165) is 17.1 Å². The van der Waals surface area contributed by atoms with E-state index in [0.29, 0.717) is 6.42 Å². The number of rotatable bonds is 6. The quantitative estimate of drug-likeness (QED) is 0.757. The summed E-state index contributed by atoms with van der Waals surface area (Å²) < 4.78 is 5.70. The highest BCUT2D eigenvalue weighted by molar-refractivity contribution is 6.00. The Balaban J connectivity index is 2.05. The summed E-state index contributed by atoms with van der Waals surface area (Å²) in [5.41, 5.74) is 0.950. The van der Waals surface area contributed by atoms with Crippen molar-refractivity contribution in [3.05, 3.63) is 60.2 Å². The van der Waals surface area contributed by atoms with E-state index in [1.54, 1.807) is 0 Å². The summed E-state index contributed by atoms with van der Waals surface area (Å²) in [6, 6.07) is 17.0. The van der Waals surface area contributed by atoms with E-state index < -0.39 is 5.92 Å². The van der Waals surface area contributed by atoms with Gasteiger partial charge in [-0.15, -0.1) is 0 Å². The first-order valence-electron chi connectivity index (χ1n) is 6.89. The fourth-order valence-corrected chi connectivity index (χ4v) is 2.13. The molecule has 0 atom stereocenters. The number of hydrogen-bond donors (Lipinski definition) is 0. The molecule has 2 rings (SSSR count). The number of Topliss-reactive ketones (excluding diaryl/α,β-unsaturated/α-hetero) is 2. The van der Waals surface area contributed by atoms with Crippen molar-refractivity contribution in [3.8, 4) is 11.5 Å². The van der Waals surface area contributed by atoms with Gasteiger partial charge >= 0.3 is 0 Å². The van der Waals surface area contributed by atoms with E-state index in [9.17, 15) is 9.59 Å². The van der Waals surface area contributed by atoms with Gasteiger partial charge in [-0.05, 0) is 50.1 Å². The molecule has 0 heterocycles. The molecule has 3 heteroatoms. The number of carbonyl (C=O) groups excluding carboxylic acids is 2. The summed E-state index contributed by atoms with van der Waals surface area (Å²) in [5.74, 6) is 0.771. The third-order valence-electron chi connectivity index (χ3n) is 3.32. The highest BCUT2D eigenvalue weighted by atomic mass is 16.5. The molecule has 3 nitrogen and oxygen atoms in total. The van der Waals surface area contributed by atoms with Crippen LogP contribution in [-0.2, 0) is 16.0 Å². The molecule has 0 unspecified atom stereocenters. The number of carbonyl (C=O) groups is 2. The molecule has 2 aromatic carbocycles. The summed E-state index contributed by atoms with van der Waals surface area (Å²) in [5, 5.41) is 0. The SMILES string of the molecule is CC(=O)C(Cc1ccc(Oc2ccccc2)cc1)C(C)=O. The molecule has 0 saturated carbocycles. The van der Waals surface area contributed by atoms with Gasteiger partial charge in [0.2, 0.25) is 0 Å². The van der Waals surface area contributed by atoms with E-state index in [1.807, 2.05) is 54.6 Å². The molecular formula is C18H18O3. The Morgan fingerprint density at radius 1 is 0.857 bits per heavy atom. The third kappa shape index (κ3) is 4.28. The van der Waals surface area contributed by atoms with Gasteiger partial charge in [0.25, 0.3) is 0 Å². The van der Waals surface area contributed by atoms with Crippen LogP contribution in [0.2, 0.25) is 0 Å². The Hall–Kier alpha value is -2.42. The number of ketones is 2. The maximum atomic E-state index is 11.5. The molecule has 0 aliphatic heterocycles. The van der Waals surface area contributed by atoms with Gasteiger partial charge < -0.3 is 4.74 Å². The van der Waals surface area contributed by atoms with Crippen LogP contribution in [0, 0.1) is 5.92 Å². The molecule has 0 fully saturated rings. The van der Waals surface area contributed by atoms with Gasteiger partial charge in [-0.2, -0.15) is 0 Å². The molecule has 0 spiro atoms. The average Bonchev–Trinajstić information content (AvgIpc) is 2.47. The predicted octanol–water partition coefficient (Wildman–Crippen LogP) is 3.82. The minimum absolute atomic E-state index is 0.0906. The molecule has 2 aromatic rings. The summed E-state index contributed by atoms with van der Waals surface area (Å²) in [6.45, 7) is 2.91. The van der Waals surface area contributed by atoms with Crippen LogP contribution in [0.25, 0.3) is 0 Å². The van der Waals surface area contributed by atoms with Crippen molar-refractivity contribution >= 4 is 11.6 Å². The normalized spacial score (nSPS) is 10.4. The lowest BCUT2D eigenvalue weighted by Gasteiger charge is -2.11. The first-order valence-corrected chi connectivity index (χ1v) is 6.89. The first kappa shape index (κ1) is 15.0. The van der Waals surface area contributed by atoms with E-state index in [2.05, 4.69) is 0 Å². The second kappa shape index (κ2) is 6.84. The van der Waals surface area contributed by atoms with Crippen LogP contribution in [0.3, 0.4) is 0 Å². The van der Waals surface area contributed by atoms with Gasteiger partial charge in [-0.1, -0.05) is 30.3 Å². The molecule has 0 bridgehead atoms. The van der Waals surface area contributed by atoms with Crippen LogP contribution >= 0.6 is 0 Å². The summed E-state index contributed by atoms with van der Waals surface area (Å²) in [6.07, 6.45) is 0.441. The number of para-hydroxylation sites is 1. The monoisotopic (exact) mass is 282 g/mol. The van der Waals surface area contributed by atoms with E-state index in [4.69, 9.17) is 4.74 Å². The van der Waals surface area contributed by atoms with Crippen molar-refractivity contribution in [1.82, 2.24) is 0 Å². The minimum Gasteiger partial charge on any atom is -0.457 e. The van der Waals surface area contributed by atoms with E-state index in [-0.39, 0.29) is 11.6 Å². The van der Waals surface area contributed by atoms with Crippen LogP contribution in [0.15, 0.2) is 54.6 Å². The molecular weight excluding hydrogens is 264 g/mol. The Morgan fingerprint density at radius 2 is 1.38 bits per heavy atom. The zero-order valence-electron chi connectivity index (χ0n) is 12.2. The van der Waals surface area contributed by atoms with Gasteiger partial charge in [0.05, 0.1) is 5.92 Å². The van der Waals surface area contributed by atoms with Gasteiger partial charge in [-0.3, -0.25) is 9.59 Å². The summed E-state index contributed by atoms with van der Waals surface area (Å²) in [4.78, 5) is 22.9. The fourth-order valence-electron chi connectivity index (χ4n) is 2.13. The second-order valence-corrected chi connectivity index (χ2v) is 5.04. The molecule has 0 aliphatic rings. The lowest BCUT2D eigenvalue weighted by atomic mass is 9.93. The van der Waals surface area contributed by atoms with Crippen molar-refractivity contribution in [2.75, 3.05) is 0 Å². The van der Waals surface area contributed by atoms with Crippen LogP contribution < -0.4 is 4.74 Å². The topological polar surface area (TPSA) is 43.4 Å². The van der Waals surface area contributed by atoms with Crippen LogP contribution in [0.4, 0.5) is 0 Å². The third-order valence-corrected chi connectivity index (χ3v) is 3.32. The maximum absolute atomic E-state index is 11.5. The van der Waals surface area contributed by atoms with Gasteiger partial charge in [0.1, 0.15) is 23.1 Å².